The van der Waals surface area contributed by atoms with Crippen LogP contribution in [0, 0.1) is 0 Å². The van der Waals surface area contributed by atoms with Crippen LogP contribution in [0.15, 0.2) is 131 Å². The van der Waals surface area contributed by atoms with Crippen molar-refractivity contribution in [2.45, 2.75) is 68.0 Å². The maximum absolute atomic E-state index is 15.3. The van der Waals surface area contributed by atoms with Crippen LogP contribution in [0.5, 0.6) is 0 Å². The SMILES string of the molecule is CCN(C)S(=O)(=O)C(F)(F)C(F)(F)C(F)(F)S(=O)(=O)[N-]S(=O)(=O)c1ccccc1-c1c2ccc(=[N+](c3ccccc3)C(C)C)cc-2oc2cc(N(c3ccccc3)C(C)C)ccc12. The van der Waals surface area contributed by atoms with Gasteiger partial charge in [-0.3, -0.25) is 0 Å². The van der Waals surface area contributed by atoms with Gasteiger partial charge in [0.25, 0.3) is 10.0 Å². The molecule has 0 unspecified atom stereocenters. The number of sulfonamides is 3. The number of hydrogen-bond donors (Lipinski definition) is 0. The van der Waals surface area contributed by atoms with Gasteiger partial charge < -0.3 is 13.4 Å². The van der Waals surface area contributed by atoms with Gasteiger partial charge in [0.15, 0.2) is 16.1 Å². The van der Waals surface area contributed by atoms with Crippen LogP contribution in [0.25, 0.3) is 37.5 Å². The van der Waals surface area contributed by atoms with Gasteiger partial charge in [0.05, 0.1) is 11.0 Å². The topological polar surface area (TPSA) is 139 Å². The highest BCUT2D eigenvalue weighted by molar-refractivity contribution is 8.12. The van der Waals surface area contributed by atoms with Gasteiger partial charge in [-0.25, -0.2) is 25.3 Å². The largest absolute Gasteiger partial charge is 0.456 e. The van der Waals surface area contributed by atoms with Crippen molar-refractivity contribution in [1.29, 1.82) is 0 Å². The van der Waals surface area contributed by atoms with Crippen molar-refractivity contribution in [1.82, 2.24) is 8.88 Å². The predicted octanol–water partition coefficient (Wildman–Crippen LogP) is 9.76. The molecule has 1 aliphatic heterocycles. The Bertz CT molecular complexity index is 3040. The van der Waals surface area contributed by atoms with Gasteiger partial charge in [-0.2, -0.15) is 35.2 Å². The van der Waals surface area contributed by atoms with Crippen LogP contribution in [-0.4, -0.2) is 71.7 Å². The zero-order valence-corrected chi connectivity index (χ0v) is 37.0. The summed E-state index contributed by atoms with van der Waals surface area (Å²) < 4.78 is 179. The molecule has 0 atom stereocenters. The third kappa shape index (κ3) is 8.22. The standard InChI is InChI=1S/C43H42F6N4O7S3/c1-7-51(6)63(58,59)43(48,49)41(44,45)42(46,47)62(56,57)50-61(54,55)39-21-15-14-20-36(39)40-34-24-22-32(52(28(2)3)30-16-10-8-11-17-30)26-37(34)60-38-27-33(23-25-35(38)40)53(29(4)5)31-18-12-9-13-19-31/h8-29H,7H2,1-6H3. The Morgan fingerprint density at radius 1 is 0.683 bits per heavy atom. The molecule has 20 heteroatoms. The highest BCUT2D eigenvalue weighted by atomic mass is 32.3. The van der Waals surface area contributed by atoms with E-state index in [1.165, 1.54) is 12.1 Å². The third-order valence-corrected chi connectivity index (χ3v) is 15.6. The molecule has 0 fully saturated rings. The third-order valence-electron chi connectivity index (χ3n) is 10.2. The summed E-state index contributed by atoms with van der Waals surface area (Å²) in [6.07, 6.45) is 0. The fourth-order valence-corrected chi connectivity index (χ4v) is 11.2. The van der Waals surface area contributed by atoms with Crippen LogP contribution < -0.4 is 14.8 Å². The smallest absolute Gasteiger partial charge is 0.428 e. The van der Waals surface area contributed by atoms with E-state index in [2.05, 4.69) is 4.13 Å². The number of hydrogen-bond acceptors (Lipinski definition) is 8. The monoisotopic (exact) mass is 936 g/mol. The lowest BCUT2D eigenvalue weighted by Crippen LogP contribution is -2.62. The maximum Gasteiger partial charge on any atom is 0.428 e. The van der Waals surface area contributed by atoms with Crippen molar-refractivity contribution in [3.63, 3.8) is 0 Å². The average Bonchev–Trinajstić information content (AvgIpc) is 3.22. The molecule has 2 aliphatic rings. The number of anilines is 2. The van der Waals surface area contributed by atoms with Gasteiger partial charge in [0.1, 0.15) is 21.4 Å². The Hall–Kier alpha value is -5.28. The molecule has 0 saturated heterocycles. The summed E-state index contributed by atoms with van der Waals surface area (Å²) >= 11 is 0. The predicted molar refractivity (Wildman–Crippen MR) is 230 cm³/mol. The number of rotatable bonds is 15. The molecule has 4 aromatic carbocycles. The lowest BCUT2D eigenvalue weighted by molar-refractivity contribution is -0.244. The molecule has 1 aliphatic carbocycles. The quantitative estimate of drug-likeness (QED) is 0.0564. The normalized spacial score (nSPS) is 14.0. The molecule has 63 heavy (non-hydrogen) atoms. The first-order chi connectivity index (χ1) is 29.3. The van der Waals surface area contributed by atoms with Crippen molar-refractivity contribution in [2.24, 2.45) is 0 Å². The van der Waals surface area contributed by atoms with E-state index in [1.54, 1.807) is 36.4 Å². The van der Waals surface area contributed by atoms with E-state index in [0.717, 1.165) is 30.4 Å². The highest BCUT2D eigenvalue weighted by Gasteiger charge is 2.80. The molecule has 6 rings (SSSR count). The minimum Gasteiger partial charge on any atom is -0.456 e. The number of nitrogens with zero attached hydrogens (tertiary/aromatic N) is 4. The number of fused-ring (bicyclic) bond motifs is 2. The van der Waals surface area contributed by atoms with Crippen molar-refractivity contribution in [3.05, 3.63) is 131 Å². The fourth-order valence-electron chi connectivity index (χ4n) is 7.10. The van der Waals surface area contributed by atoms with Gasteiger partial charge in [-0.1, -0.05) is 61.5 Å². The Balaban J connectivity index is 1.60. The van der Waals surface area contributed by atoms with Crippen LogP contribution in [0.4, 0.5) is 43.4 Å². The number of halogens is 6. The summed E-state index contributed by atoms with van der Waals surface area (Å²) in [4.78, 5) is 0.902. The summed E-state index contributed by atoms with van der Waals surface area (Å²) in [6, 6.07) is 32.9. The molecule has 0 bridgehead atoms. The Morgan fingerprint density at radius 3 is 1.86 bits per heavy atom. The Kier molecular flexibility index (Phi) is 12.8. The Labute approximate surface area is 361 Å². The number of alkyl halides is 6. The van der Waals surface area contributed by atoms with E-state index in [1.807, 2.05) is 97.8 Å². The minimum absolute atomic E-state index is 0.0556. The summed E-state index contributed by atoms with van der Waals surface area (Å²) in [5, 5.41) is -13.0. The van der Waals surface area contributed by atoms with Crippen molar-refractivity contribution in [2.75, 3.05) is 18.5 Å². The fraction of sp³-hybridized carbons (Fsp3) is 0.279. The zero-order valence-electron chi connectivity index (χ0n) is 34.5. The molecule has 11 nitrogen and oxygen atoms in total. The van der Waals surface area contributed by atoms with Gasteiger partial charge >= 0.3 is 16.4 Å². The first-order valence-corrected chi connectivity index (χ1v) is 23.6. The highest BCUT2D eigenvalue weighted by Crippen LogP contribution is 2.53. The van der Waals surface area contributed by atoms with Gasteiger partial charge in [0, 0.05) is 77.4 Å². The summed E-state index contributed by atoms with van der Waals surface area (Å²) in [5.41, 5.74) is 2.37. The van der Waals surface area contributed by atoms with Crippen LogP contribution in [0.2, 0.25) is 0 Å². The van der Waals surface area contributed by atoms with Crippen LogP contribution >= 0.6 is 0 Å². The number of benzene rings is 5. The maximum atomic E-state index is 15.3. The van der Waals surface area contributed by atoms with Crippen LogP contribution in [0.3, 0.4) is 0 Å². The van der Waals surface area contributed by atoms with E-state index >= 15 is 17.6 Å². The lowest BCUT2D eigenvalue weighted by Gasteiger charge is -2.36. The van der Waals surface area contributed by atoms with Crippen LogP contribution in [0.1, 0.15) is 34.6 Å². The second-order valence-electron chi connectivity index (χ2n) is 15.0. The molecule has 0 radical (unpaired) electrons. The van der Waals surface area contributed by atoms with Gasteiger partial charge in [-0.15, -0.1) is 0 Å². The molecule has 0 saturated carbocycles. The van der Waals surface area contributed by atoms with E-state index in [0.29, 0.717) is 18.1 Å². The van der Waals surface area contributed by atoms with E-state index in [4.69, 9.17) is 4.42 Å². The molecule has 1 heterocycles. The van der Waals surface area contributed by atoms with Crippen molar-refractivity contribution in [3.8, 4) is 22.5 Å². The molecular formula is C43H42F6N4O7S3. The number of para-hydroxylation sites is 2. The summed E-state index contributed by atoms with van der Waals surface area (Å²) in [6.45, 7) is 7.85. The molecule has 0 spiro atoms. The Morgan fingerprint density at radius 2 is 1.27 bits per heavy atom. The molecule has 0 amide bonds. The second kappa shape index (κ2) is 17.0. The molecular weight excluding hydrogens is 895 g/mol. The lowest BCUT2D eigenvalue weighted by atomic mass is 9.93. The minimum atomic E-state index is -7.52. The zero-order chi connectivity index (χ0) is 46.5. The molecule has 336 valence electrons. The average molecular weight is 937 g/mol. The van der Waals surface area contributed by atoms with Gasteiger partial charge in [0.2, 0.25) is 11.0 Å². The first-order valence-electron chi connectivity index (χ1n) is 19.3. The second-order valence-corrected chi connectivity index (χ2v) is 20.5. The van der Waals surface area contributed by atoms with E-state index in [9.17, 15) is 34.0 Å². The molecule has 4 aromatic rings. The molecule has 0 N–H and O–H groups in total. The van der Waals surface area contributed by atoms with Crippen molar-refractivity contribution >= 4 is 58.1 Å². The van der Waals surface area contributed by atoms with Crippen molar-refractivity contribution < 1.29 is 56.0 Å². The van der Waals surface area contributed by atoms with E-state index < -0.39 is 62.2 Å². The van der Waals surface area contributed by atoms with E-state index in [-0.39, 0.29) is 45.5 Å². The summed E-state index contributed by atoms with van der Waals surface area (Å²) in [7, 11) is -19.8. The summed E-state index contributed by atoms with van der Waals surface area (Å²) in [5.74, 6) is -7.05. The van der Waals surface area contributed by atoms with Gasteiger partial charge in [-0.05, 0) is 64.1 Å². The first kappa shape index (κ1) is 47.2. The molecule has 0 aromatic heterocycles. The van der Waals surface area contributed by atoms with Crippen LogP contribution in [-0.2, 0) is 30.1 Å².